The maximum Gasteiger partial charge on any atom is 0.295 e. The predicted molar refractivity (Wildman–Crippen MR) is 125 cm³/mol. The lowest BCUT2D eigenvalue weighted by Gasteiger charge is -2.27. The Bertz CT molecular complexity index is 1280. The number of Topliss-reactive ketones (excluding diaryl/α,β-unsaturated/α-hetero) is 1. The fourth-order valence-electron chi connectivity index (χ4n) is 4.45. The maximum atomic E-state index is 13.9. The molecule has 0 spiro atoms. The van der Waals surface area contributed by atoms with Gasteiger partial charge in [0.25, 0.3) is 5.91 Å². The third kappa shape index (κ3) is 4.14. The van der Waals surface area contributed by atoms with Crippen LogP contribution in [0.15, 0.2) is 48.2 Å². The van der Waals surface area contributed by atoms with Crippen molar-refractivity contribution in [2.24, 2.45) is 0 Å². The Balaban J connectivity index is 1.90. The molecule has 1 N–H and O–H groups in total. The van der Waals surface area contributed by atoms with Crippen LogP contribution in [0.25, 0.3) is 11.4 Å². The van der Waals surface area contributed by atoms with Crippen LogP contribution in [-0.4, -0.2) is 53.2 Å². The fourth-order valence-corrected chi connectivity index (χ4v) is 4.64. The number of rotatable bonds is 6. The van der Waals surface area contributed by atoms with E-state index in [-0.39, 0.29) is 5.57 Å². The number of pyridine rings is 1. The summed E-state index contributed by atoms with van der Waals surface area (Å²) in [6.45, 7) is 4.86. The highest BCUT2D eigenvalue weighted by atomic mass is 35.5. The lowest BCUT2D eigenvalue weighted by molar-refractivity contribution is -0.858. The predicted octanol–water partition coefficient (Wildman–Crippen LogP) is 1.36. The fraction of sp³-hybridized carbons (Fsp3) is 0.320. The minimum absolute atomic E-state index is 0.0501. The number of halogens is 1. The Morgan fingerprint density at radius 3 is 2.64 bits per heavy atom. The average molecular weight is 467 g/mol. The van der Waals surface area contributed by atoms with Gasteiger partial charge < -0.3 is 19.3 Å². The van der Waals surface area contributed by atoms with Crippen LogP contribution < -0.4 is 10.0 Å². The number of carbonyl (C=O) groups excluding carboxylic acids is 2. The molecule has 1 aromatic carbocycles. The Morgan fingerprint density at radius 2 is 1.94 bits per heavy atom. The summed E-state index contributed by atoms with van der Waals surface area (Å²) in [5, 5.41) is 14.3. The van der Waals surface area contributed by atoms with Gasteiger partial charge in [-0.2, -0.15) is 0 Å². The molecule has 1 unspecified atom stereocenters. The number of hydrogen-bond donors (Lipinski definition) is 1. The Morgan fingerprint density at radius 1 is 1.18 bits per heavy atom. The summed E-state index contributed by atoms with van der Waals surface area (Å²) in [5.74, 6) is -1.89. The molecule has 33 heavy (non-hydrogen) atoms. The number of imidazole rings is 1. The molecule has 0 radical (unpaired) electrons. The minimum Gasteiger partial charge on any atom is -0.871 e. The molecule has 4 rings (SSSR count). The van der Waals surface area contributed by atoms with Crippen molar-refractivity contribution in [2.45, 2.75) is 26.3 Å². The molecule has 7 nitrogen and oxygen atoms in total. The summed E-state index contributed by atoms with van der Waals surface area (Å²) in [7, 11) is 4.06. The molecular weight excluding hydrogens is 440 g/mol. The molecule has 1 amide bonds. The van der Waals surface area contributed by atoms with Gasteiger partial charge >= 0.3 is 0 Å². The molecule has 1 aliphatic heterocycles. The number of nitrogens with zero attached hydrogens (tertiary/aromatic N) is 3. The van der Waals surface area contributed by atoms with Crippen LogP contribution >= 0.6 is 11.6 Å². The molecule has 3 heterocycles. The second-order valence-electron chi connectivity index (χ2n) is 8.77. The van der Waals surface area contributed by atoms with Crippen LogP contribution in [0, 0.1) is 13.8 Å². The molecule has 0 aliphatic carbocycles. The number of fused-ring (bicyclic) bond motifs is 1. The minimum atomic E-state index is -0.789. The van der Waals surface area contributed by atoms with E-state index in [4.69, 9.17) is 11.6 Å². The Labute approximate surface area is 197 Å². The molecule has 0 bridgehead atoms. The van der Waals surface area contributed by atoms with E-state index in [2.05, 4.69) is 4.98 Å². The Hall–Kier alpha value is -3.16. The number of ketones is 1. The van der Waals surface area contributed by atoms with Gasteiger partial charge in [-0.1, -0.05) is 35.6 Å². The summed E-state index contributed by atoms with van der Waals surface area (Å²) >= 11 is 6.24. The van der Waals surface area contributed by atoms with E-state index in [0.29, 0.717) is 40.6 Å². The van der Waals surface area contributed by atoms with Crippen LogP contribution in [0.5, 0.6) is 0 Å². The first kappa shape index (κ1) is 23.0. The summed E-state index contributed by atoms with van der Waals surface area (Å²) in [6, 6.07) is 9.95. The molecule has 1 saturated heterocycles. The third-order valence-electron chi connectivity index (χ3n) is 6.00. The molecule has 1 aliphatic rings. The molecule has 172 valence electrons. The number of aryl methyl sites for hydroxylation is 2. The van der Waals surface area contributed by atoms with Crippen LogP contribution in [0.2, 0.25) is 5.02 Å². The average Bonchev–Trinajstić information content (AvgIpc) is 3.23. The number of amides is 1. The van der Waals surface area contributed by atoms with Gasteiger partial charge in [-0.3, -0.25) is 9.59 Å². The van der Waals surface area contributed by atoms with E-state index >= 15 is 0 Å². The van der Waals surface area contributed by atoms with Crippen molar-refractivity contribution in [3.05, 3.63) is 75.7 Å². The van der Waals surface area contributed by atoms with E-state index in [1.54, 1.807) is 41.8 Å². The van der Waals surface area contributed by atoms with Crippen molar-refractivity contribution >= 4 is 34.7 Å². The van der Waals surface area contributed by atoms with Gasteiger partial charge in [0.15, 0.2) is 0 Å². The molecule has 1 fully saturated rings. The van der Waals surface area contributed by atoms with Gasteiger partial charge in [0.1, 0.15) is 5.65 Å². The molecule has 3 aromatic rings. The second-order valence-corrected chi connectivity index (χ2v) is 9.21. The maximum absolute atomic E-state index is 13.9. The van der Waals surface area contributed by atoms with Crippen molar-refractivity contribution in [1.29, 1.82) is 0 Å². The molecule has 0 saturated carbocycles. The first-order chi connectivity index (χ1) is 15.7. The van der Waals surface area contributed by atoms with Crippen LogP contribution in [-0.2, 0) is 9.59 Å². The number of aromatic nitrogens is 2. The van der Waals surface area contributed by atoms with E-state index in [9.17, 15) is 14.7 Å². The smallest absolute Gasteiger partial charge is 0.295 e. The SMILES string of the molecule is Cc1nc2c(C)cccn2c1C([O-])=C1C(=O)C(=O)N(CCC[NH+](C)C)C1c1cccc(Cl)c1. The highest BCUT2D eigenvalue weighted by Crippen LogP contribution is 2.39. The van der Waals surface area contributed by atoms with Gasteiger partial charge in [0, 0.05) is 29.8 Å². The third-order valence-corrected chi connectivity index (χ3v) is 6.24. The zero-order chi connectivity index (χ0) is 23.9. The van der Waals surface area contributed by atoms with Crippen molar-refractivity contribution < 1.29 is 19.6 Å². The van der Waals surface area contributed by atoms with Gasteiger partial charge in [-0.15, -0.1) is 0 Å². The number of carbonyl (C=O) groups is 2. The quantitative estimate of drug-likeness (QED) is 0.338. The number of likely N-dealkylation sites (tertiary alicyclic amines) is 1. The Kier molecular flexibility index (Phi) is 6.28. The topological polar surface area (TPSA) is 82.2 Å². The van der Waals surface area contributed by atoms with Crippen LogP contribution in [0.4, 0.5) is 0 Å². The van der Waals surface area contributed by atoms with E-state index in [1.165, 1.54) is 9.80 Å². The lowest BCUT2D eigenvalue weighted by atomic mass is 9.96. The number of benzene rings is 1. The summed E-state index contributed by atoms with van der Waals surface area (Å²) in [4.78, 5) is 33.6. The normalized spacial score (nSPS) is 18.1. The summed E-state index contributed by atoms with van der Waals surface area (Å²) in [5.41, 5.74) is 2.98. The van der Waals surface area contributed by atoms with Crippen molar-refractivity contribution in [3.8, 4) is 0 Å². The van der Waals surface area contributed by atoms with E-state index in [0.717, 1.165) is 12.1 Å². The summed E-state index contributed by atoms with van der Waals surface area (Å²) < 4.78 is 1.70. The zero-order valence-corrected chi connectivity index (χ0v) is 19.9. The largest absolute Gasteiger partial charge is 0.871 e. The zero-order valence-electron chi connectivity index (χ0n) is 19.2. The second kappa shape index (κ2) is 9.00. The lowest BCUT2D eigenvalue weighted by Crippen LogP contribution is -3.05. The monoisotopic (exact) mass is 466 g/mol. The number of hydrogen-bond acceptors (Lipinski definition) is 4. The highest BCUT2D eigenvalue weighted by molar-refractivity contribution is 6.46. The molecule has 1 atom stereocenters. The van der Waals surface area contributed by atoms with Crippen LogP contribution in [0.3, 0.4) is 0 Å². The van der Waals surface area contributed by atoms with Gasteiger partial charge in [0.2, 0.25) is 5.78 Å². The van der Waals surface area contributed by atoms with Gasteiger partial charge in [-0.25, -0.2) is 4.98 Å². The molecular formula is C25H27ClN4O3. The van der Waals surface area contributed by atoms with E-state index in [1.807, 2.05) is 33.2 Å². The number of nitrogens with one attached hydrogen (secondary N) is 1. The summed E-state index contributed by atoms with van der Waals surface area (Å²) in [6.07, 6.45) is 2.46. The van der Waals surface area contributed by atoms with Crippen molar-refractivity contribution in [2.75, 3.05) is 27.2 Å². The number of quaternary nitrogens is 1. The first-order valence-corrected chi connectivity index (χ1v) is 11.3. The molecule has 8 heteroatoms. The highest BCUT2D eigenvalue weighted by Gasteiger charge is 2.44. The van der Waals surface area contributed by atoms with Crippen LogP contribution in [0.1, 0.15) is 35.0 Å². The van der Waals surface area contributed by atoms with Gasteiger partial charge in [-0.05, 0) is 43.2 Å². The van der Waals surface area contributed by atoms with Crippen molar-refractivity contribution in [3.63, 3.8) is 0 Å². The van der Waals surface area contributed by atoms with Gasteiger partial charge in [0.05, 0.1) is 38.1 Å². The molecule has 2 aromatic heterocycles. The first-order valence-electron chi connectivity index (χ1n) is 11.0. The standard InChI is InChI=1S/C25H27ClN4O3/c1-15-8-6-12-29-20(16(2)27-24(15)29)22(31)19-21(17-9-5-10-18(26)14-17)30(25(33)23(19)32)13-7-11-28(3)4/h5-6,8-10,12,14,21,31H,7,11,13H2,1-4H3. The van der Waals surface area contributed by atoms with Crippen molar-refractivity contribution in [1.82, 2.24) is 14.3 Å². The van der Waals surface area contributed by atoms with E-state index < -0.39 is 23.5 Å².